The van der Waals surface area contributed by atoms with Gasteiger partial charge in [-0.3, -0.25) is 0 Å². The Morgan fingerprint density at radius 2 is 1.93 bits per heavy atom. The molecule has 0 aromatic rings. The largest absolute Gasteiger partial charge is 0.330 e. The quantitative estimate of drug-likeness (QED) is 0.488. The highest BCUT2D eigenvalue weighted by Gasteiger charge is 2.24. The molecular weight excluding hydrogens is 170 g/mol. The van der Waals surface area contributed by atoms with E-state index >= 15 is 0 Å². The van der Waals surface area contributed by atoms with E-state index in [0.29, 0.717) is 0 Å². The summed E-state index contributed by atoms with van der Waals surface area (Å²) in [5.74, 6) is 1.79. The molecule has 0 aromatic heterocycles. The van der Waals surface area contributed by atoms with E-state index in [-0.39, 0.29) is 0 Å². The van der Waals surface area contributed by atoms with Gasteiger partial charge in [-0.15, -0.1) is 6.58 Å². The van der Waals surface area contributed by atoms with E-state index in [0.717, 1.165) is 18.4 Å². The number of rotatable bonds is 7. The second-order valence-electron chi connectivity index (χ2n) is 4.61. The molecule has 1 fully saturated rings. The molecule has 0 radical (unpaired) electrons. The third-order valence-corrected chi connectivity index (χ3v) is 3.60. The lowest BCUT2D eigenvalue weighted by molar-refractivity contribution is 0.358. The van der Waals surface area contributed by atoms with Gasteiger partial charge >= 0.3 is 0 Å². The summed E-state index contributed by atoms with van der Waals surface area (Å²) in [4.78, 5) is 0. The maximum atomic E-state index is 5.76. The van der Waals surface area contributed by atoms with Gasteiger partial charge in [0.1, 0.15) is 0 Å². The highest BCUT2D eigenvalue weighted by molar-refractivity contribution is 4.78. The normalized spacial score (nSPS) is 26.6. The van der Waals surface area contributed by atoms with E-state index in [2.05, 4.69) is 6.58 Å². The van der Waals surface area contributed by atoms with E-state index in [1.165, 1.54) is 51.4 Å². The van der Waals surface area contributed by atoms with Gasteiger partial charge in [0.2, 0.25) is 0 Å². The third-order valence-electron chi connectivity index (χ3n) is 3.60. The van der Waals surface area contributed by atoms with Crippen LogP contribution in [0.2, 0.25) is 0 Å². The van der Waals surface area contributed by atoms with Crippen molar-refractivity contribution in [3.63, 3.8) is 0 Å². The van der Waals surface area contributed by atoms with Crippen LogP contribution in [0.25, 0.3) is 0 Å². The number of hydrogen-bond acceptors (Lipinski definition) is 1. The molecule has 14 heavy (non-hydrogen) atoms. The van der Waals surface area contributed by atoms with E-state index < -0.39 is 0 Å². The monoisotopic (exact) mass is 195 g/mol. The minimum absolute atomic E-state index is 0.842. The molecule has 0 spiro atoms. The van der Waals surface area contributed by atoms with Crippen LogP contribution in [-0.4, -0.2) is 6.54 Å². The van der Waals surface area contributed by atoms with E-state index in [1.54, 1.807) is 0 Å². The highest BCUT2D eigenvalue weighted by atomic mass is 14.6. The first-order valence-electron chi connectivity index (χ1n) is 6.19. The van der Waals surface area contributed by atoms with E-state index in [4.69, 9.17) is 5.73 Å². The lowest BCUT2D eigenvalue weighted by atomic mass is 9.91. The van der Waals surface area contributed by atoms with Crippen molar-refractivity contribution in [3.8, 4) is 0 Å². The molecule has 2 atom stereocenters. The molecule has 1 heteroatoms. The van der Waals surface area contributed by atoms with Crippen LogP contribution in [0.4, 0.5) is 0 Å². The Morgan fingerprint density at radius 3 is 2.64 bits per heavy atom. The zero-order valence-corrected chi connectivity index (χ0v) is 9.38. The van der Waals surface area contributed by atoms with Crippen molar-refractivity contribution < 1.29 is 0 Å². The zero-order valence-electron chi connectivity index (χ0n) is 9.38. The molecule has 0 bridgehead atoms. The minimum atomic E-state index is 0.842. The molecule has 1 rings (SSSR count). The van der Waals surface area contributed by atoms with Crippen molar-refractivity contribution in [3.05, 3.63) is 12.7 Å². The molecule has 0 heterocycles. The average Bonchev–Trinajstić information content (AvgIpc) is 2.65. The fourth-order valence-corrected chi connectivity index (χ4v) is 2.68. The van der Waals surface area contributed by atoms with Crippen LogP contribution in [0.3, 0.4) is 0 Å². The van der Waals surface area contributed by atoms with Gasteiger partial charge in [0.15, 0.2) is 0 Å². The summed E-state index contributed by atoms with van der Waals surface area (Å²) in [6, 6.07) is 0. The predicted molar refractivity (Wildman–Crippen MR) is 63.2 cm³/mol. The minimum Gasteiger partial charge on any atom is -0.330 e. The Balaban J connectivity index is 2.02. The van der Waals surface area contributed by atoms with E-state index in [9.17, 15) is 0 Å². The van der Waals surface area contributed by atoms with Gasteiger partial charge in [0.05, 0.1) is 0 Å². The lowest BCUT2D eigenvalue weighted by Crippen LogP contribution is -2.18. The average molecular weight is 195 g/mol. The molecule has 0 amide bonds. The van der Waals surface area contributed by atoms with Gasteiger partial charge in [-0.25, -0.2) is 0 Å². The number of nitrogens with two attached hydrogens (primary N) is 1. The van der Waals surface area contributed by atoms with Crippen molar-refractivity contribution in [1.29, 1.82) is 0 Å². The first-order chi connectivity index (χ1) is 6.88. The topological polar surface area (TPSA) is 26.0 Å². The van der Waals surface area contributed by atoms with Crippen LogP contribution in [0, 0.1) is 11.8 Å². The summed E-state index contributed by atoms with van der Waals surface area (Å²) in [6.45, 7) is 4.66. The van der Waals surface area contributed by atoms with Gasteiger partial charge in [-0.1, -0.05) is 38.2 Å². The number of allylic oxidation sites excluding steroid dienone is 1. The summed E-state index contributed by atoms with van der Waals surface area (Å²) in [6.07, 6.45) is 13.0. The summed E-state index contributed by atoms with van der Waals surface area (Å²) < 4.78 is 0. The van der Waals surface area contributed by atoms with Gasteiger partial charge in [-0.2, -0.15) is 0 Å². The Bertz CT molecular complexity index is 153. The first-order valence-corrected chi connectivity index (χ1v) is 6.19. The molecule has 0 saturated heterocycles. The van der Waals surface area contributed by atoms with Crippen LogP contribution < -0.4 is 5.73 Å². The SMILES string of the molecule is C=CCCCCCC1CCCC1CN. The fourth-order valence-electron chi connectivity index (χ4n) is 2.68. The van der Waals surface area contributed by atoms with Gasteiger partial charge < -0.3 is 5.73 Å². The molecular formula is C13H25N. The highest BCUT2D eigenvalue weighted by Crippen LogP contribution is 2.34. The lowest BCUT2D eigenvalue weighted by Gasteiger charge is -2.17. The van der Waals surface area contributed by atoms with Gasteiger partial charge in [-0.05, 0) is 37.6 Å². The molecule has 1 saturated carbocycles. The first kappa shape index (κ1) is 11.8. The van der Waals surface area contributed by atoms with Crippen LogP contribution >= 0.6 is 0 Å². The Hall–Kier alpha value is -0.300. The van der Waals surface area contributed by atoms with Crippen molar-refractivity contribution >= 4 is 0 Å². The van der Waals surface area contributed by atoms with Crippen LogP contribution in [0.5, 0.6) is 0 Å². The zero-order chi connectivity index (χ0) is 10.2. The third kappa shape index (κ3) is 3.83. The smallest absolute Gasteiger partial charge is 0.00462 e. The number of hydrogen-bond donors (Lipinski definition) is 1. The Kier molecular flexibility index (Phi) is 5.93. The molecule has 82 valence electrons. The van der Waals surface area contributed by atoms with Crippen molar-refractivity contribution in [1.82, 2.24) is 0 Å². The molecule has 1 aliphatic carbocycles. The molecule has 1 nitrogen and oxygen atoms in total. The van der Waals surface area contributed by atoms with Crippen molar-refractivity contribution in [2.45, 2.75) is 51.4 Å². The standard InChI is InChI=1S/C13H25N/c1-2-3-4-5-6-8-12-9-7-10-13(12)11-14/h2,12-13H,1,3-11,14H2. The van der Waals surface area contributed by atoms with E-state index in [1.807, 2.05) is 6.08 Å². The molecule has 0 aliphatic heterocycles. The van der Waals surface area contributed by atoms with Gasteiger partial charge in [0.25, 0.3) is 0 Å². The van der Waals surface area contributed by atoms with Crippen molar-refractivity contribution in [2.75, 3.05) is 6.54 Å². The second-order valence-corrected chi connectivity index (χ2v) is 4.61. The van der Waals surface area contributed by atoms with Crippen molar-refractivity contribution in [2.24, 2.45) is 17.6 Å². The number of unbranched alkanes of at least 4 members (excludes halogenated alkanes) is 3. The summed E-state index contributed by atoms with van der Waals surface area (Å²) in [5.41, 5.74) is 5.76. The predicted octanol–water partition coefficient (Wildman–Crippen LogP) is 3.50. The van der Waals surface area contributed by atoms with Crippen LogP contribution in [0.1, 0.15) is 51.4 Å². The maximum absolute atomic E-state index is 5.76. The second kappa shape index (κ2) is 7.05. The molecule has 2 N–H and O–H groups in total. The maximum Gasteiger partial charge on any atom is -0.00462 e. The fraction of sp³-hybridized carbons (Fsp3) is 0.846. The van der Waals surface area contributed by atoms with Crippen LogP contribution in [0.15, 0.2) is 12.7 Å². The van der Waals surface area contributed by atoms with Gasteiger partial charge in [0, 0.05) is 0 Å². The molecule has 2 unspecified atom stereocenters. The summed E-state index contributed by atoms with van der Waals surface area (Å²) in [5, 5.41) is 0. The summed E-state index contributed by atoms with van der Waals surface area (Å²) in [7, 11) is 0. The van der Waals surface area contributed by atoms with Crippen LogP contribution in [-0.2, 0) is 0 Å². The molecule has 0 aromatic carbocycles. The Morgan fingerprint density at radius 1 is 1.14 bits per heavy atom. The molecule has 1 aliphatic rings. The summed E-state index contributed by atoms with van der Waals surface area (Å²) >= 11 is 0. The Labute approximate surface area is 88.8 Å².